The summed E-state index contributed by atoms with van der Waals surface area (Å²) in [5.74, 6) is -0.220. The zero-order valence-electron chi connectivity index (χ0n) is 7.21. The molecule has 70 valence electrons. The van der Waals surface area contributed by atoms with E-state index in [-0.39, 0.29) is 12.6 Å². The maximum atomic E-state index is 11.2. The molecule has 1 aliphatic heterocycles. The van der Waals surface area contributed by atoms with Gasteiger partial charge in [0.05, 0.1) is 20.3 Å². The molecule has 0 saturated carbocycles. The van der Waals surface area contributed by atoms with Crippen molar-refractivity contribution in [2.45, 2.75) is 12.8 Å². The van der Waals surface area contributed by atoms with E-state index in [9.17, 15) is 4.79 Å². The average molecular weight is 174 g/mol. The Morgan fingerprint density at radius 3 is 2.67 bits per heavy atom. The molecule has 1 heterocycles. The van der Waals surface area contributed by atoms with Crippen LogP contribution in [0.4, 0.5) is 0 Å². The van der Waals surface area contributed by atoms with Crippen molar-refractivity contribution in [1.29, 1.82) is 0 Å². The first kappa shape index (κ1) is 9.48. The van der Waals surface area contributed by atoms with E-state index < -0.39 is 5.41 Å². The van der Waals surface area contributed by atoms with Gasteiger partial charge in [-0.25, -0.2) is 0 Å². The summed E-state index contributed by atoms with van der Waals surface area (Å²) in [6, 6.07) is 0. The second-order valence-corrected chi connectivity index (χ2v) is 3.09. The average Bonchev–Trinajstić information content (AvgIpc) is 2.02. The van der Waals surface area contributed by atoms with E-state index in [1.165, 1.54) is 7.11 Å². The molecule has 4 nitrogen and oxygen atoms in total. The fourth-order valence-electron chi connectivity index (χ4n) is 1.35. The molecule has 0 atom stereocenters. The summed E-state index contributed by atoms with van der Waals surface area (Å²) in [4.78, 5) is 11.2. The topological polar surface area (TPSA) is 55.8 Å². The monoisotopic (exact) mass is 174 g/mol. The van der Waals surface area contributed by atoms with Crippen LogP contribution in [0.1, 0.15) is 12.8 Å². The van der Waals surface area contributed by atoms with Gasteiger partial charge in [0.25, 0.3) is 0 Å². The number of aliphatic hydroxyl groups excluding tert-OH is 1. The van der Waals surface area contributed by atoms with Gasteiger partial charge in [0.1, 0.15) is 5.41 Å². The van der Waals surface area contributed by atoms with Gasteiger partial charge >= 0.3 is 5.97 Å². The zero-order valence-corrected chi connectivity index (χ0v) is 7.21. The third-order valence-electron chi connectivity index (χ3n) is 2.19. The smallest absolute Gasteiger partial charge is 0.316 e. The Morgan fingerprint density at radius 2 is 2.33 bits per heavy atom. The van der Waals surface area contributed by atoms with Crippen LogP contribution in [-0.2, 0) is 14.3 Å². The van der Waals surface area contributed by atoms with E-state index in [2.05, 4.69) is 4.74 Å². The predicted octanol–water partition coefficient (Wildman–Crippen LogP) is -0.0515. The Hall–Kier alpha value is -0.610. The molecule has 0 unspecified atom stereocenters. The summed E-state index contributed by atoms with van der Waals surface area (Å²) in [6.07, 6.45) is 1.27. The van der Waals surface area contributed by atoms with Gasteiger partial charge in [0, 0.05) is 6.61 Å². The highest BCUT2D eigenvalue weighted by Crippen LogP contribution is 2.33. The first-order chi connectivity index (χ1) is 5.75. The third-order valence-corrected chi connectivity index (χ3v) is 2.19. The van der Waals surface area contributed by atoms with Crippen LogP contribution >= 0.6 is 0 Å². The van der Waals surface area contributed by atoms with Gasteiger partial charge in [0.2, 0.25) is 0 Å². The molecule has 1 N–H and O–H groups in total. The number of hydrogen-bond donors (Lipinski definition) is 1. The Morgan fingerprint density at radius 1 is 1.67 bits per heavy atom. The van der Waals surface area contributed by atoms with Gasteiger partial charge in [-0.15, -0.1) is 0 Å². The number of rotatable bonds is 4. The van der Waals surface area contributed by atoms with Crippen molar-refractivity contribution in [3.8, 4) is 0 Å². The molecule has 0 spiro atoms. The molecule has 0 radical (unpaired) electrons. The molecular formula is C8H14O4. The molecule has 0 aromatic heterocycles. The Labute approximate surface area is 71.5 Å². The number of carbonyl (C=O) groups is 1. The van der Waals surface area contributed by atoms with Gasteiger partial charge in [-0.1, -0.05) is 0 Å². The molecule has 0 aromatic rings. The van der Waals surface area contributed by atoms with E-state index in [1.54, 1.807) is 0 Å². The van der Waals surface area contributed by atoms with Crippen LogP contribution in [0.15, 0.2) is 0 Å². The summed E-state index contributed by atoms with van der Waals surface area (Å²) < 4.78 is 9.63. The quantitative estimate of drug-likeness (QED) is 0.607. The molecule has 0 amide bonds. The summed E-state index contributed by atoms with van der Waals surface area (Å²) in [5, 5.41) is 8.61. The Bertz CT molecular complexity index is 162. The summed E-state index contributed by atoms with van der Waals surface area (Å²) in [7, 11) is 1.38. The lowest BCUT2D eigenvalue weighted by atomic mass is 9.81. The van der Waals surface area contributed by atoms with E-state index in [1.807, 2.05) is 0 Å². The lowest BCUT2D eigenvalue weighted by molar-refractivity contribution is -0.185. The van der Waals surface area contributed by atoms with E-state index in [0.717, 1.165) is 0 Å². The highest BCUT2D eigenvalue weighted by Gasteiger charge is 2.46. The van der Waals surface area contributed by atoms with Crippen molar-refractivity contribution in [2.24, 2.45) is 5.41 Å². The summed E-state index contributed by atoms with van der Waals surface area (Å²) in [6.45, 7) is 0.970. The first-order valence-corrected chi connectivity index (χ1v) is 4.02. The molecule has 0 aromatic carbocycles. The number of aliphatic hydroxyl groups is 1. The van der Waals surface area contributed by atoms with Crippen molar-refractivity contribution in [2.75, 3.05) is 26.9 Å². The number of ether oxygens (including phenoxy) is 2. The number of methoxy groups -OCH3 is 1. The second kappa shape index (κ2) is 3.87. The van der Waals surface area contributed by atoms with Gasteiger partial charge in [-0.2, -0.15) is 0 Å². The van der Waals surface area contributed by atoms with Crippen LogP contribution in [0.2, 0.25) is 0 Å². The van der Waals surface area contributed by atoms with Crippen molar-refractivity contribution in [3.05, 3.63) is 0 Å². The molecular weight excluding hydrogens is 160 g/mol. The lowest BCUT2D eigenvalue weighted by Crippen LogP contribution is -2.49. The van der Waals surface area contributed by atoms with E-state index in [0.29, 0.717) is 26.1 Å². The zero-order chi connectivity index (χ0) is 9.03. The molecule has 1 saturated heterocycles. The number of hydrogen-bond acceptors (Lipinski definition) is 4. The number of carbonyl (C=O) groups excluding carboxylic acids is 1. The minimum Gasteiger partial charge on any atom is -0.468 e. The van der Waals surface area contributed by atoms with Crippen LogP contribution in [0.25, 0.3) is 0 Å². The van der Waals surface area contributed by atoms with Crippen LogP contribution in [-0.4, -0.2) is 38.0 Å². The molecule has 0 aliphatic carbocycles. The summed E-state index contributed by atoms with van der Waals surface area (Å²) >= 11 is 0. The van der Waals surface area contributed by atoms with Crippen molar-refractivity contribution >= 4 is 5.97 Å². The third kappa shape index (κ3) is 1.59. The van der Waals surface area contributed by atoms with Crippen molar-refractivity contribution < 1.29 is 19.4 Å². The van der Waals surface area contributed by atoms with Gasteiger partial charge in [0.15, 0.2) is 0 Å². The van der Waals surface area contributed by atoms with Crippen LogP contribution in [0.5, 0.6) is 0 Å². The largest absolute Gasteiger partial charge is 0.468 e. The highest BCUT2D eigenvalue weighted by atomic mass is 16.5. The predicted molar refractivity (Wildman–Crippen MR) is 41.6 cm³/mol. The number of esters is 1. The highest BCUT2D eigenvalue weighted by molar-refractivity contribution is 5.77. The molecule has 1 aliphatic rings. The fourth-order valence-corrected chi connectivity index (χ4v) is 1.35. The Kier molecular flexibility index (Phi) is 3.05. The molecule has 1 fully saturated rings. The SMILES string of the molecule is COC(=O)C1(CCCO)COC1. The fraction of sp³-hybridized carbons (Fsp3) is 0.875. The molecule has 12 heavy (non-hydrogen) atoms. The normalized spacial score (nSPS) is 19.8. The van der Waals surface area contributed by atoms with E-state index >= 15 is 0 Å². The van der Waals surface area contributed by atoms with Crippen molar-refractivity contribution in [1.82, 2.24) is 0 Å². The summed E-state index contributed by atoms with van der Waals surface area (Å²) in [5.41, 5.74) is -0.461. The standard InChI is InChI=1S/C8H14O4/c1-11-7(10)8(3-2-4-9)5-12-6-8/h9H,2-6H2,1H3. The van der Waals surface area contributed by atoms with E-state index in [4.69, 9.17) is 9.84 Å². The minimum absolute atomic E-state index is 0.110. The van der Waals surface area contributed by atoms with Crippen molar-refractivity contribution in [3.63, 3.8) is 0 Å². The van der Waals surface area contributed by atoms with Gasteiger partial charge in [-0.3, -0.25) is 4.79 Å². The van der Waals surface area contributed by atoms with Crippen LogP contribution in [0.3, 0.4) is 0 Å². The van der Waals surface area contributed by atoms with Gasteiger partial charge in [-0.05, 0) is 12.8 Å². The van der Waals surface area contributed by atoms with Crippen LogP contribution < -0.4 is 0 Å². The molecule has 4 heteroatoms. The maximum Gasteiger partial charge on any atom is 0.316 e. The Balaban J connectivity index is 2.44. The lowest BCUT2D eigenvalue weighted by Gasteiger charge is -2.38. The van der Waals surface area contributed by atoms with Gasteiger partial charge < -0.3 is 14.6 Å². The maximum absolute atomic E-state index is 11.2. The first-order valence-electron chi connectivity index (χ1n) is 4.02. The molecule has 1 rings (SSSR count). The minimum atomic E-state index is -0.461. The molecule has 0 bridgehead atoms. The second-order valence-electron chi connectivity index (χ2n) is 3.09. The van der Waals surface area contributed by atoms with Crippen LogP contribution in [0, 0.1) is 5.41 Å².